The molecule has 1 atom stereocenters. The monoisotopic (exact) mass is 483 g/mol. The Bertz CT molecular complexity index is 381. The molecule has 2 rings (SSSR count). The van der Waals surface area contributed by atoms with Gasteiger partial charge < -0.3 is 29.9 Å². The molecular weight excluding hydrogens is 445 g/mol. The topological polar surface area (TPSA) is 61.4 Å². The molecule has 0 aromatic rings. The summed E-state index contributed by atoms with van der Waals surface area (Å²) in [5.41, 5.74) is 0. The van der Waals surface area contributed by atoms with Crippen LogP contribution >= 0.6 is 24.0 Å². The lowest BCUT2D eigenvalue weighted by molar-refractivity contribution is 0.0168. The minimum atomic E-state index is 0. The molecule has 26 heavy (non-hydrogen) atoms. The van der Waals surface area contributed by atoms with Gasteiger partial charge in [0.25, 0.3) is 0 Å². The average molecular weight is 483 g/mol. The number of halogens is 1. The summed E-state index contributed by atoms with van der Waals surface area (Å²) in [4.78, 5) is 9.23. The van der Waals surface area contributed by atoms with Gasteiger partial charge in [0.15, 0.2) is 5.96 Å². The molecule has 2 fully saturated rings. The summed E-state index contributed by atoms with van der Waals surface area (Å²) < 4.78 is 11.2. The molecule has 1 unspecified atom stereocenters. The van der Waals surface area contributed by atoms with Crippen molar-refractivity contribution in [3.63, 3.8) is 0 Å². The Hall–Kier alpha value is -0.160. The number of aliphatic imine (C=N–C) groups is 1. The van der Waals surface area contributed by atoms with Crippen molar-refractivity contribution in [2.24, 2.45) is 4.99 Å². The van der Waals surface area contributed by atoms with Gasteiger partial charge in [0.05, 0.1) is 12.7 Å². The van der Waals surface area contributed by atoms with Crippen molar-refractivity contribution in [2.45, 2.75) is 31.8 Å². The predicted molar refractivity (Wildman–Crippen MR) is 118 cm³/mol. The zero-order valence-corrected chi connectivity index (χ0v) is 18.9. The van der Waals surface area contributed by atoms with Crippen LogP contribution in [0.1, 0.15) is 25.7 Å². The van der Waals surface area contributed by atoms with Crippen LogP contribution in [0.15, 0.2) is 4.99 Å². The van der Waals surface area contributed by atoms with Crippen molar-refractivity contribution < 1.29 is 9.47 Å². The van der Waals surface area contributed by atoms with E-state index in [0.29, 0.717) is 6.10 Å². The van der Waals surface area contributed by atoms with Gasteiger partial charge >= 0.3 is 0 Å². The fourth-order valence-electron chi connectivity index (χ4n) is 3.25. The minimum Gasteiger partial charge on any atom is -0.379 e. The highest BCUT2D eigenvalue weighted by Gasteiger charge is 2.15. The second-order valence-electron chi connectivity index (χ2n) is 6.99. The van der Waals surface area contributed by atoms with Gasteiger partial charge in [0, 0.05) is 53.0 Å². The van der Waals surface area contributed by atoms with Gasteiger partial charge in [-0.1, -0.05) is 0 Å². The maximum atomic E-state index is 5.68. The zero-order chi connectivity index (χ0) is 17.7. The normalized spacial score (nSPS) is 22.7. The first-order valence-electron chi connectivity index (χ1n) is 9.82. The Balaban J connectivity index is 0.00000338. The minimum absolute atomic E-state index is 0. The van der Waals surface area contributed by atoms with E-state index in [1.807, 2.05) is 7.05 Å². The maximum Gasteiger partial charge on any atom is 0.191 e. The number of likely N-dealkylation sites (N-methyl/N-ethyl adjacent to an activating group) is 1. The number of nitrogens with one attached hydrogen (secondary N) is 2. The molecule has 2 N–H and O–H groups in total. The van der Waals surface area contributed by atoms with Crippen molar-refractivity contribution in [3.05, 3.63) is 0 Å². The van der Waals surface area contributed by atoms with Gasteiger partial charge in [0.1, 0.15) is 0 Å². The molecule has 0 spiro atoms. The molecule has 2 heterocycles. The standard InChI is InChI=1S/C18H37N5O2.HI/c1-19-18(20-7-4-14-24-16-17-6-3-15-25-17)21-8-11-23-10-5-9-22(2)12-13-23;/h17H,3-16H2,1-2H3,(H2,19,20,21);1H. The van der Waals surface area contributed by atoms with Gasteiger partial charge in [-0.05, 0) is 45.8 Å². The van der Waals surface area contributed by atoms with Crippen LogP contribution in [-0.4, -0.2) is 102 Å². The highest BCUT2D eigenvalue weighted by atomic mass is 127. The molecular formula is C18H38IN5O2. The third-order valence-corrected chi connectivity index (χ3v) is 4.84. The van der Waals surface area contributed by atoms with Crippen LogP contribution in [0.5, 0.6) is 0 Å². The number of rotatable bonds is 9. The molecule has 0 saturated carbocycles. The summed E-state index contributed by atoms with van der Waals surface area (Å²) in [5, 5.41) is 6.76. The molecule has 0 radical (unpaired) electrons. The van der Waals surface area contributed by atoms with E-state index < -0.39 is 0 Å². The number of guanidine groups is 1. The Morgan fingerprint density at radius 2 is 2.00 bits per heavy atom. The molecule has 0 bridgehead atoms. The van der Waals surface area contributed by atoms with E-state index in [-0.39, 0.29) is 24.0 Å². The summed E-state index contributed by atoms with van der Waals surface area (Å²) in [5.74, 6) is 0.881. The van der Waals surface area contributed by atoms with Crippen molar-refractivity contribution in [3.8, 4) is 0 Å². The van der Waals surface area contributed by atoms with E-state index in [4.69, 9.17) is 9.47 Å². The molecule has 2 saturated heterocycles. The van der Waals surface area contributed by atoms with E-state index >= 15 is 0 Å². The van der Waals surface area contributed by atoms with Crippen molar-refractivity contribution in [1.29, 1.82) is 0 Å². The van der Waals surface area contributed by atoms with Crippen molar-refractivity contribution >= 4 is 29.9 Å². The highest BCUT2D eigenvalue weighted by Crippen LogP contribution is 2.11. The zero-order valence-electron chi connectivity index (χ0n) is 16.5. The van der Waals surface area contributed by atoms with E-state index in [0.717, 1.165) is 64.8 Å². The Labute approximate surface area is 176 Å². The number of nitrogens with zero attached hydrogens (tertiary/aromatic N) is 3. The number of hydrogen-bond donors (Lipinski definition) is 2. The lowest BCUT2D eigenvalue weighted by atomic mass is 10.2. The molecule has 0 aliphatic carbocycles. The van der Waals surface area contributed by atoms with Gasteiger partial charge in [-0.15, -0.1) is 24.0 Å². The largest absolute Gasteiger partial charge is 0.379 e. The fourth-order valence-corrected chi connectivity index (χ4v) is 3.25. The smallest absolute Gasteiger partial charge is 0.191 e. The quantitative estimate of drug-likeness (QED) is 0.221. The first-order chi connectivity index (χ1) is 12.3. The molecule has 2 aliphatic rings. The molecule has 0 amide bonds. The molecule has 7 nitrogen and oxygen atoms in total. The van der Waals surface area contributed by atoms with Gasteiger partial charge in [-0.3, -0.25) is 4.99 Å². The summed E-state index contributed by atoms with van der Waals surface area (Å²) in [6.07, 6.45) is 4.87. The lowest BCUT2D eigenvalue weighted by Gasteiger charge is -2.21. The molecule has 154 valence electrons. The van der Waals surface area contributed by atoms with Crippen LogP contribution in [-0.2, 0) is 9.47 Å². The second-order valence-corrected chi connectivity index (χ2v) is 6.99. The summed E-state index contributed by atoms with van der Waals surface area (Å²) in [7, 11) is 4.03. The van der Waals surface area contributed by atoms with E-state index in [9.17, 15) is 0 Å². The van der Waals surface area contributed by atoms with Crippen LogP contribution in [0, 0.1) is 0 Å². The second kappa shape index (κ2) is 14.8. The fraction of sp³-hybridized carbons (Fsp3) is 0.944. The van der Waals surface area contributed by atoms with Crippen LogP contribution in [0.4, 0.5) is 0 Å². The van der Waals surface area contributed by atoms with Crippen LogP contribution < -0.4 is 10.6 Å². The molecule has 0 aromatic heterocycles. The van der Waals surface area contributed by atoms with Gasteiger partial charge in [-0.2, -0.15) is 0 Å². The SMILES string of the molecule is CN=C(NCCCOCC1CCCO1)NCCN1CCCN(C)CC1.I. The first kappa shape index (κ1) is 23.9. The Morgan fingerprint density at radius 1 is 1.15 bits per heavy atom. The van der Waals surface area contributed by atoms with Crippen LogP contribution in [0.3, 0.4) is 0 Å². The van der Waals surface area contributed by atoms with E-state index in [2.05, 4.69) is 32.5 Å². The van der Waals surface area contributed by atoms with Gasteiger partial charge in [-0.25, -0.2) is 0 Å². The predicted octanol–water partition coefficient (Wildman–Crippen LogP) is 0.993. The van der Waals surface area contributed by atoms with Crippen LogP contribution in [0.25, 0.3) is 0 Å². The summed E-state index contributed by atoms with van der Waals surface area (Å²) in [6, 6.07) is 0. The number of ether oxygens (including phenoxy) is 2. The third kappa shape index (κ3) is 10.2. The Morgan fingerprint density at radius 3 is 2.77 bits per heavy atom. The molecule has 0 aromatic carbocycles. The Kier molecular flexibility index (Phi) is 13.6. The molecule has 8 heteroatoms. The lowest BCUT2D eigenvalue weighted by Crippen LogP contribution is -2.42. The van der Waals surface area contributed by atoms with Crippen molar-refractivity contribution in [1.82, 2.24) is 20.4 Å². The average Bonchev–Trinajstić information content (AvgIpc) is 3.05. The summed E-state index contributed by atoms with van der Waals surface area (Å²) >= 11 is 0. The highest BCUT2D eigenvalue weighted by molar-refractivity contribution is 14.0. The van der Waals surface area contributed by atoms with E-state index in [1.165, 1.54) is 32.5 Å². The summed E-state index contributed by atoms with van der Waals surface area (Å²) in [6.45, 7) is 10.00. The molecule has 2 aliphatic heterocycles. The van der Waals surface area contributed by atoms with E-state index in [1.54, 1.807) is 0 Å². The van der Waals surface area contributed by atoms with Gasteiger partial charge in [0.2, 0.25) is 0 Å². The number of hydrogen-bond acceptors (Lipinski definition) is 5. The van der Waals surface area contributed by atoms with Crippen LogP contribution in [0.2, 0.25) is 0 Å². The maximum absolute atomic E-state index is 5.68. The van der Waals surface area contributed by atoms with Crippen molar-refractivity contribution in [2.75, 3.05) is 79.7 Å². The first-order valence-corrected chi connectivity index (χ1v) is 9.82. The third-order valence-electron chi connectivity index (χ3n) is 4.84.